The van der Waals surface area contributed by atoms with Gasteiger partial charge in [0.1, 0.15) is 6.04 Å². The molecule has 1 aromatic carbocycles. The maximum absolute atomic E-state index is 12.0. The van der Waals surface area contributed by atoms with Gasteiger partial charge in [0, 0.05) is 5.69 Å². The molecule has 4 amide bonds. The Morgan fingerprint density at radius 2 is 1.80 bits per heavy atom. The van der Waals surface area contributed by atoms with E-state index >= 15 is 0 Å². The Kier molecular flexibility index (Phi) is 3.74. The van der Waals surface area contributed by atoms with E-state index in [2.05, 4.69) is 16.0 Å². The number of carbonyl (C=O) groups excluding carboxylic acids is 3. The number of anilines is 1. The molecule has 0 aromatic heterocycles. The van der Waals surface area contributed by atoms with Gasteiger partial charge in [-0.2, -0.15) is 0 Å². The van der Waals surface area contributed by atoms with Gasteiger partial charge in [-0.25, -0.2) is 4.79 Å². The predicted octanol–water partition coefficient (Wildman–Crippen LogP) is 1.15. The third-order valence-corrected chi connectivity index (χ3v) is 3.19. The lowest BCUT2D eigenvalue weighted by atomic mass is 10.0. The van der Waals surface area contributed by atoms with E-state index in [1.165, 1.54) is 0 Å². The number of rotatable bonds is 3. The standard InChI is InChI=1S/C14H17N3O3/c1-7-4-8(2)12(9(3)5-7)16-11(18)6-10-13(19)17-14(20)15-10/h4-5,10H,6H2,1-3H3,(H,16,18)(H2,15,17,19,20). The van der Waals surface area contributed by atoms with E-state index in [1.807, 2.05) is 32.9 Å². The van der Waals surface area contributed by atoms with Crippen LogP contribution in [0.2, 0.25) is 0 Å². The van der Waals surface area contributed by atoms with Crippen molar-refractivity contribution in [2.45, 2.75) is 33.2 Å². The number of benzene rings is 1. The van der Waals surface area contributed by atoms with Gasteiger partial charge in [-0.05, 0) is 31.9 Å². The Bertz CT molecular complexity index is 572. The molecule has 0 aliphatic carbocycles. The van der Waals surface area contributed by atoms with Crippen molar-refractivity contribution < 1.29 is 14.4 Å². The topological polar surface area (TPSA) is 87.3 Å². The molecule has 3 N–H and O–H groups in total. The normalized spacial score (nSPS) is 17.6. The van der Waals surface area contributed by atoms with Crippen molar-refractivity contribution in [3.63, 3.8) is 0 Å². The van der Waals surface area contributed by atoms with Crippen LogP contribution in [0.5, 0.6) is 0 Å². The fourth-order valence-corrected chi connectivity index (χ4v) is 2.36. The zero-order valence-electron chi connectivity index (χ0n) is 11.7. The quantitative estimate of drug-likeness (QED) is 0.723. The highest BCUT2D eigenvalue weighted by Crippen LogP contribution is 2.22. The number of amides is 4. The van der Waals surface area contributed by atoms with Gasteiger partial charge in [-0.15, -0.1) is 0 Å². The first-order chi connectivity index (χ1) is 9.36. The van der Waals surface area contributed by atoms with Crippen molar-refractivity contribution in [1.82, 2.24) is 10.6 Å². The molecule has 0 radical (unpaired) electrons. The second-order valence-corrected chi connectivity index (χ2v) is 5.04. The van der Waals surface area contributed by atoms with E-state index < -0.39 is 18.0 Å². The van der Waals surface area contributed by atoms with Gasteiger partial charge < -0.3 is 10.6 Å². The summed E-state index contributed by atoms with van der Waals surface area (Å²) in [6.07, 6.45) is -0.0790. The lowest BCUT2D eigenvalue weighted by Gasteiger charge is -2.14. The Balaban J connectivity index is 2.05. The van der Waals surface area contributed by atoms with E-state index in [4.69, 9.17) is 0 Å². The van der Waals surface area contributed by atoms with Gasteiger partial charge in [0.05, 0.1) is 6.42 Å². The molecule has 2 rings (SSSR count). The van der Waals surface area contributed by atoms with Crippen molar-refractivity contribution >= 4 is 23.5 Å². The molecule has 0 spiro atoms. The molecule has 6 nitrogen and oxygen atoms in total. The van der Waals surface area contributed by atoms with Crippen LogP contribution in [0.4, 0.5) is 10.5 Å². The maximum atomic E-state index is 12.0. The second-order valence-electron chi connectivity index (χ2n) is 5.04. The molecule has 1 atom stereocenters. The van der Waals surface area contributed by atoms with Gasteiger partial charge >= 0.3 is 6.03 Å². The summed E-state index contributed by atoms with van der Waals surface area (Å²) in [6, 6.07) is 2.60. The summed E-state index contributed by atoms with van der Waals surface area (Å²) in [5, 5.41) is 7.29. The Morgan fingerprint density at radius 3 is 2.30 bits per heavy atom. The third-order valence-electron chi connectivity index (χ3n) is 3.19. The van der Waals surface area contributed by atoms with Crippen molar-refractivity contribution in [1.29, 1.82) is 0 Å². The van der Waals surface area contributed by atoms with Gasteiger partial charge in [-0.1, -0.05) is 17.7 Å². The molecular formula is C14H17N3O3. The molecule has 1 unspecified atom stereocenters. The Morgan fingerprint density at radius 1 is 1.20 bits per heavy atom. The molecule has 106 valence electrons. The fraction of sp³-hybridized carbons (Fsp3) is 0.357. The summed E-state index contributed by atoms with van der Waals surface area (Å²) in [4.78, 5) is 34.3. The van der Waals surface area contributed by atoms with E-state index in [9.17, 15) is 14.4 Å². The lowest BCUT2D eigenvalue weighted by molar-refractivity contribution is -0.124. The minimum atomic E-state index is -0.798. The van der Waals surface area contributed by atoms with Crippen molar-refractivity contribution in [3.8, 4) is 0 Å². The van der Waals surface area contributed by atoms with Crippen LogP contribution in [-0.4, -0.2) is 23.9 Å². The summed E-state index contributed by atoms with van der Waals surface area (Å²) in [5.41, 5.74) is 3.82. The number of hydrogen-bond acceptors (Lipinski definition) is 3. The van der Waals surface area contributed by atoms with Gasteiger partial charge in [-0.3, -0.25) is 14.9 Å². The first-order valence-corrected chi connectivity index (χ1v) is 6.36. The van der Waals surface area contributed by atoms with Crippen LogP contribution in [0.3, 0.4) is 0 Å². The first kappa shape index (κ1) is 14.0. The van der Waals surface area contributed by atoms with E-state index in [1.54, 1.807) is 0 Å². The molecule has 1 saturated heterocycles. The fourth-order valence-electron chi connectivity index (χ4n) is 2.36. The summed E-state index contributed by atoms with van der Waals surface area (Å²) < 4.78 is 0. The molecular weight excluding hydrogens is 258 g/mol. The molecule has 1 fully saturated rings. The predicted molar refractivity (Wildman–Crippen MR) is 74.4 cm³/mol. The monoisotopic (exact) mass is 275 g/mol. The van der Waals surface area contributed by atoms with E-state index in [0.717, 1.165) is 22.4 Å². The molecule has 1 aromatic rings. The Labute approximate surface area is 116 Å². The Hall–Kier alpha value is -2.37. The smallest absolute Gasteiger partial charge is 0.322 e. The number of carbonyl (C=O) groups is 3. The number of aryl methyl sites for hydroxylation is 3. The lowest BCUT2D eigenvalue weighted by Crippen LogP contribution is -2.33. The second kappa shape index (κ2) is 5.32. The van der Waals surface area contributed by atoms with Gasteiger partial charge in [0.2, 0.25) is 5.91 Å². The summed E-state index contributed by atoms with van der Waals surface area (Å²) >= 11 is 0. The molecule has 6 heteroatoms. The van der Waals surface area contributed by atoms with E-state index in [0.29, 0.717) is 0 Å². The highest BCUT2D eigenvalue weighted by molar-refractivity contribution is 6.07. The molecule has 1 heterocycles. The summed E-state index contributed by atoms with van der Waals surface area (Å²) in [6.45, 7) is 5.82. The number of hydrogen-bond donors (Lipinski definition) is 3. The number of urea groups is 1. The van der Waals surface area contributed by atoms with Crippen LogP contribution in [-0.2, 0) is 9.59 Å². The zero-order valence-corrected chi connectivity index (χ0v) is 11.7. The van der Waals surface area contributed by atoms with Gasteiger partial charge in [0.25, 0.3) is 5.91 Å². The molecule has 0 bridgehead atoms. The summed E-state index contributed by atoms with van der Waals surface area (Å²) in [5.74, 6) is -0.773. The minimum Gasteiger partial charge on any atom is -0.326 e. The average molecular weight is 275 g/mol. The average Bonchev–Trinajstić information content (AvgIpc) is 2.62. The van der Waals surface area contributed by atoms with Crippen LogP contribution in [0.15, 0.2) is 12.1 Å². The first-order valence-electron chi connectivity index (χ1n) is 6.36. The van der Waals surface area contributed by atoms with Crippen LogP contribution in [0, 0.1) is 20.8 Å². The molecule has 1 aliphatic rings. The van der Waals surface area contributed by atoms with E-state index in [-0.39, 0.29) is 12.3 Å². The third kappa shape index (κ3) is 2.96. The molecule has 1 aliphatic heterocycles. The number of nitrogens with one attached hydrogen (secondary N) is 3. The van der Waals surface area contributed by atoms with Crippen molar-refractivity contribution in [3.05, 3.63) is 28.8 Å². The summed E-state index contributed by atoms with van der Waals surface area (Å²) in [7, 11) is 0. The van der Waals surface area contributed by atoms with Crippen LogP contribution < -0.4 is 16.0 Å². The highest BCUT2D eigenvalue weighted by atomic mass is 16.2. The maximum Gasteiger partial charge on any atom is 0.322 e. The highest BCUT2D eigenvalue weighted by Gasteiger charge is 2.31. The largest absolute Gasteiger partial charge is 0.326 e. The van der Waals surface area contributed by atoms with Gasteiger partial charge in [0.15, 0.2) is 0 Å². The van der Waals surface area contributed by atoms with Crippen LogP contribution >= 0.6 is 0 Å². The molecule has 20 heavy (non-hydrogen) atoms. The number of imide groups is 1. The molecule has 0 saturated carbocycles. The van der Waals surface area contributed by atoms with Crippen LogP contribution in [0.25, 0.3) is 0 Å². The van der Waals surface area contributed by atoms with Crippen molar-refractivity contribution in [2.75, 3.05) is 5.32 Å². The van der Waals surface area contributed by atoms with Crippen molar-refractivity contribution in [2.24, 2.45) is 0 Å². The SMILES string of the molecule is Cc1cc(C)c(NC(=O)CC2NC(=O)NC2=O)c(C)c1. The minimum absolute atomic E-state index is 0.0790. The zero-order chi connectivity index (χ0) is 14.9. The van der Waals surface area contributed by atoms with Crippen LogP contribution in [0.1, 0.15) is 23.1 Å².